The van der Waals surface area contributed by atoms with Gasteiger partial charge >= 0.3 is 12.1 Å². The summed E-state index contributed by atoms with van der Waals surface area (Å²) in [4.78, 5) is 26.5. The fourth-order valence-corrected chi connectivity index (χ4v) is 3.13. The van der Waals surface area contributed by atoms with Gasteiger partial charge in [-0.05, 0) is 38.2 Å². The standard InChI is InChI=1S/C20H29NO4/c1-19(2,3)25-17(22)16-11-12-21(14-20(16,4)5)18(23)24-13-15-9-7-6-8-10-15/h6-10,16H,11-14H2,1-5H3. The molecule has 1 unspecified atom stereocenters. The van der Waals surface area contributed by atoms with Crippen molar-refractivity contribution in [2.75, 3.05) is 13.1 Å². The zero-order chi connectivity index (χ0) is 18.7. The number of carbonyl (C=O) groups is 2. The molecule has 25 heavy (non-hydrogen) atoms. The molecular formula is C20H29NO4. The molecule has 0 aliphatic carbocycles. The van der Waals surface area contributed by atoms with Crippen LogP contribution in [0.5, 0.6) is 0 Å². The molecule has 1 aliphatic rings. The number of nitrogens with zero attached hydrogens (tertiary/aromatic N) is 1. The Labute approximate surface area is 150 Å². The molecule has 1 saturated heterocycles. The molecule has 0 N–H and O–H groups in total. The van der Waals surface area contributed by atoms with E-state index in [0.29, 0.717) is 19.5 Å². The number of rotatable bonds is 3. The van der Waals surface area contributed by atoms with E-state index in [1.165, 1.54) is 0 Å². The highest BCUT2D eigenvalue weighted by Gasteiger charge is 2.43. The molecule has 138 valence electrons. The maximum Gasteiger partial charge on any atom is 0.410 e. The number of carbonyl (C=O) groups excluding carboxylic acids is 2. The summed E-state index contributed by atoms with van der Waals surface area (Å²) in [5.41, 5.74) is 0.101. The van der Waals surface area contributed by atoms with Crippen LogP contribution in [0.3, 0.4) is 0 Å². The van der Waals surface area contributed by atoms with Gasteiger partial charge in [-0.1, -0.05) is 44.2 Å². The Morgan fingerprint density at radius 1 is 1.20 bits per heavy atom. The lowest BCUT2D eigenvalue weighted by atomic mass is 9.74. The number of amides is 1. The first-order valence-corrected chi connectivity index (χ1v) is 8.77. The van der Waals surface area contributed by atoms with Crippen molar-refractivity contribution in [1.82, 2.24) is 4.90 Å². The highest BCUT2D eigenvalue weighted by Crippen LogP contribution is 2.36. The molecule has 1 amide bonds. The van der Waals surface area contributed by atoms with Crippen LogP contribution in [-0.4, -0.2) is 35.7 Å². The maximum absolute atomic E-state index is 12.5. The SMILES string of the molecule is CC(C)(C)OC(=O)C1CCN(C(=O)OCc2ccccc2)CC1(C)C. The predicted molar refractivity (Wildman–Crippen MR) is 95.9 cm³/mol. The second kappa shape index (κ2) is 7.46. The molecular weight excluding hydrogens is 318 g/mol. The Balaban J connectivity index is 1.92. The lowest BCUT2D eigenvalue weighted by molar-refractivity contribution is -0.167. The molecule has 0 saturated carbocycles. The summed E-state index contributed by atoms with van der Waals surface area (Å²) in [7, 11) is 0. The molecule has 1 aromatic rings. The van der Waals surface area contributed by atoms with Crippen molar-refractivity contribution in [3.05, 3.63) is 35.9 Å². The summed E-state index contributed by atoms with van der Waals surface area (Å²) in [5.74, 6) is -0.403. The molecule has 5 nitrogen and oxygen atoms in total. The molecule has 1 heterocycles. The predicted octanol–water partition coefficient (Wildman–Crippen LogP) is 4.01. The van der Waals surface area contributed by atoms with Crippen molar-refractivity contribution in [1.29, 1.82) is 0 Å². The van der Waals surface area contributed by atoms with Crippen LogP contribution >= 0.6 is 0 Å². The molecule has 1 aliphatic heterocycles. The Morgan fingerprint density at radius 2 is 1.84 bits per heavy atom. The van der Waals surface area contributed by atoms with Crippen LogP contribution in [0.15, 0.2) is 30.3 Å². The Morgan fingerprint density at radius 3 is 2.40 bits per heavy atom. The second-order valence-electron chi connectivity index (χ2n) is 8.33. The van der Waals surface area contributed by atoms with Gasteiger partial charge in [-0.3, -0.25) is 4.79 Å². The molecule has 5 heteroatoms. The van der Waals surface area contributed by atoms with Crippen LogP contribution in [0.1, 0.15) is 46.6 Å². The fourth-order valence-electron chi connectivity index (χ4n) is 3.13. The number of ether oxygens (including phenoxy) is 2. The number of esters is 1. The van der Waals surface area contributed by atoms with Crippen LogP contribution in [0.4, 0.5) is 4.79 Å². The van der Waals surface area contributed by atoms with E-state index in [9.17, 15) is 9.59 Å². The largest absolute Gasteiger partial charge is 0.460 e. The summed E-state index contributed by atoms with van der Waals surface area (Å²) < 4.78 is 10.9. The highest BCUT2D eigenvalue weighted by atomic mass is 16.6. The Bertz CT molecular complexity index is 604. The van der Waals surface area contributed by atoms with Gasteiger partial charge in [0.2, 0.25) is 0 Å². The van der Waals surface area contributed by atoms with E-state index in [0.717, 1.165) is 5.56 Å². The normalized spacial score (nSPS) is 20.0. The van der Waals surface area contributed by atoms with E-state index in [4.69, 9.17) is 9.47 Å². The van der Waals surface area contributed by atoms with Gasteiger partial charge in [-0.25, -0.2) is 4.79 Å². The van der Waals surface area contributed by atoms with Gasteiger partial charge < -0.3 is 14.4 Å². The van der Waals surface area contributed by atoms with Crippen LogP contribution < -0.4 is 0 Å². The van der Waals surface area contributed by atoms with Gasteiger partial charge in [-0.15, -0.1) is 0 Å². The van der Waals surface area contributed by atoms with Crippen LogP contribution in [0.2, 0.25) is 0 Å². The smallest absolute Gasteiger partial charge is 0.410 e. The summed E-state index contributed by atoms with van der Waals surface area (Å²) in [6.07, 6.45) is 0.252. The lowest BCUT2D eigenvalue weighted by Gasteiger charge is -2.43. The summed E-state index contributed by atoms with van der Waals surface area (Å²) in [6.45, 7) is 10.8. The van der Waals surface area contributed by atoms with Crippen LogP contribution in [0, 0.1) is 11.3 Å². The first kappa shape index (κ1) is 19.3. The van der Waals surface area contributed by atoms with Gasteiger partial charge in [0.05, 0.1) is 5.92 Å². The minimum absolute atomic E-state index is 0.185. The van der Waals surface area contributed by atoms with E-state index in [2.05, 4.69) is 0 Å². The number of benzene rings is 1. The van der Waals surface area contributed by atoms with Crippen LogP contribution in [0.25, 0.3) is 0 Å². The van der Waals surface area contributed by atoms with Crippen molar-refractivity contribution >= 4 is 12.1 Å². The van der Waals surface area contributed by atoms with Crippen molar-refractivity contribution in [2.45, 2.75) is 53.2 Å². The average molecular weight is 347 g/mol. The van der Waals surface area contributed by atoms with Crippen molar-refractivity contribution in [3.8, 4) is 0 Å². The van der Waals surface area contributed by atoms with E-state index < -0.39 is 5.60 Å². The van der Waals surface area contributed by atoms with Crippen molar-refractivity contribution < 1.29 is 19.1 Å². The number of hydrogen-bond acceptors (Lipinski definition) is 4. The number of piperidine rings is 1. The summed E-state index contributed by atoms with van der Waals surface area (Å²) in [5, 5.41) is 0. The third kappa shape index (κ3) is 5.48. The average Bonchev–Trinajstić information content (AvgIpc) is 2.50. The number of hydrogen-bond donors (Lipinski definition) is 0. The van der Waals surface area contributed by atoms with Crippen molar-refractivity contribution in [2.24, 2.45) is 11.3 Å². The van der Waals surface area contributed by atoms with E-state index in [1.54, 1.807) is 4.90 Å². The minimum Gasteiger partial charge on any atom is -0.460 e. The first-order valence-electron chi connectivity index (χ1n) is 8.77. The van der Waals surface area contributed by atoms with Gasteiger partial charge in [-0.2, -0.15) is 0 Å². The van der Waals surface area contributed by atoms with E-state index in [1.807, 2.05) is 65.0 Å². The van der Waals surface area contributed by atoms with Crippen LogP contribution in [-0.2, 0) is 20.9 Å². The van der Waals surface area contributed by atoms with Crippen molar-refractivity contribution in [3.63, 3.8) is 0 Å². The molecule has 1 fully saturated rings. The Hall–Kier alpha value is -2.04. The van der Waals surface area contributed by atoms with E-state index in [-0.39, 0.29) is 30.0 Å². The highest BCUT2D eigenvalue weighted by molar-refractivity contribution is 5.75. The first-order chi connectivity index (χ1) is 11.6. The van der Waals surface area contributed by atoms with E-state index >= 15 is 0 Å². The van der Waals surface area contributed by atoms with Gasteiger partial charge in [0.1, 0.15) is 12.2 Å². The molecule has 0 spiro atoms. The quantitative estimate of drug-likeness (QED) is 0.775. The second-order valence-corrected chi connectivity index (χ2v) is 8.33. The third-order valence-corrected chi connectivity index (χ3v) is 4.38. The van der Waals surface area contributed by atoms with Gasteiger partial charge in [0.15, 0.2) is 0 Å². The lowest BCUT2D eigenvalue weighted by Crippen LogP contribution is -2.51. The molecule has 1 aromatic carbocycles. The molecule has 0 radical (unpaired) electrons. The Kier molecular flexibility index (Phi) is 5.76. The topological polar surface area (TPSA) is 55.8 Å². The van der Waals surface area contributed by atoms with Gasteiger partial charge in [0.25, 0.3) is 0 Å². The molecule has 0 aromatic heterocycles. The summed E-state index contributed by atoms with van der Waals surface area (Å²) in [6, 6.07) is 9.60. The molecule has 2 rings (SSSR count). The molecule has 0 bridgehead atoms. The molecule has 1 atom stereocenters. The zero-order valence-electron chi connectivity index (χ0n) is 15.9. The zero-order valence-corrected chi connectivity index (χ0v) is 15.9. The third-order valence-electron chi connectivity index (χ3n) is 4.38. The minimum atomic E-state index is -0.501. The number of likely N-dealkylation sites (tertiary alicyclic amines) is 1. The monoisotopic (exact) mass is 347 g/mol. The summed E-state index contributed by atoms with van der Waals surface area (Å²) >= 11 is 0. The fraction of sp³-hybridized carbons (Fsp3) is 0.600. The van der Waals surface area contributed by atoms with Gasteiger partial charge in [0, 0.05) is 13.1 Å². The maximum atomic E-state index is 12.5.